The Morgan fingerprint density at radius 1 is 1.32 bits per heavy atom. The molecule has 0 bridgehead atoms. The van der Waals surface area contributed by atoms with Gasteiger partial charge in [-0.1, -0.05) is 25.9 Å². The Bertz CT molecular complexity index is 347. The van der Waals surface area contributed by atoms with Crippen LogP contribution in [0.25, 0.3) is 0 Å². The Morgan fingerprint density at radius 3 is 2.63 bits per heavy atom. The Balaban J connectivity index is 2.50. The second-order valence-corrected chi connectivity index (χ2v) is 5.88. The van der Waals surface area contributed by atoms with Crippen molar-refractivity contribution < 1.29 is 4.52 Å². The van der Waals surface area contributed by atoms with Gasteiger partial charge in [0.2, 0.25) is 0 Å². The first-order chi connectivity index (χ1) is 9.02. The number of hydrogen-bond donors (Lipinski definition) is 1. The summed E-state index contributed by atoms with van der Waals surface area (Å²) in [7, 11) is 0. The molecule has 110 valence electrons. The molecule has 0 aliphatic heterocycles. The molecule has 0 unspecified atom stereocenters. The van der Waals surface area contributed by atoms with Gasteiger partial charge in [0.05, 0.1) is 12.2 Å². The first-order valence-electron chi connectivity index (χ1n) is 7.42. The summed E-state index contributed by atoms with van der Waals surface area (Å²) in [6.07, 6.45) is 1.14. The van der Waals surface area contributed by atoms with Gasteiger partial charge in [-0.25, -0.2) is 0 Å². The van der Waals surface area contributed by atoms with E-state index in [2.05, 4.69) is 56.1 Å². The highest BCUT2D eigenvalue weighted by Gasteiger charge is 2.14. The third kappa shape index (κ3) is 6.21. The highest BCUT2D eigenvalue weighted by atomic mass is 16.5. The van der Waals surface area contributed by atoms with Gasteiger partial charge in [-0.15, -0.1) is 0 Å². The van der Waals surface area contributed by atoms with Crippen LogP contribution in [-0.4, -0.2) is 29.2 Å². The van der Waals surface area contributed by atoms with E-state index in [1.165, 1.54) is 0 Å². The minimum absolute atomic E-state index is 0.522. The number of aromatic nitrogens is 1. The van der Waals surface area contributed by atoms with Gasteiger partial charge in [-0.2, -0.15) is 0 Å². The summed E-state index contributed by atoms with van der Waals surface area (Å²) in [6, 6.07) is 2.59. The average Bonchev–Trinajstić information content (AvgIpc) is 2.76. The number of nitrogens with one attached hydrogen (secondary N) is 1. The predicted octanol–water partition coefficient (Wildman–Crippen LogP) is 3.04. The Morgan fingerprint density at radius 2 is 2.05 bits per heavy atom. The smallest absolute Gasteiger partial charge is 0.151 e. The van der Waals surface area contributed by atoms with Crippen LogP contribution in [0.5, 0.6) is 0 Å². The summed E-state index contributed by atoms with van der Waals surface area (Å²) in [6.45, 7) is 14.8. The SMILES string of the molecule is CCCNCc1cc(CN(CC(C)C)C(C)C)on1. The molecule has 0 saturated heterocycles. The maximum absolute atomic E-state index is 5.43. The molecule has 1 aromatic heterocycles. The number of nitrogens with zero attached hydrogens (tertiary/aromatic N) is 2. The lowest BCUT2D eigenvalue weighted by molar-refractivity contribution is 0.169. The molecule has 0 amide bonds. The molecule has 0 saturated carbocycles. The molecule has 4 heteroatoms. The fourth-order valence-electron chi connectivity index (χ4n) is 2.03. The van der Waals surface area contributed by atoms with E-state index in [0.29, 0.717) is 12.0 Å². The molecule has 4 nitrogen and oxygen atoms in total. The van der Waals surface area contributed by atoms with Gasteiger partial charge in [0.1, 0.15) is 0 Å². The van der Waals surface area contributed by atoms with Crippen molar-refractivity contribution in [2.45, 2.75) is 60.2 Å². The quantitative estimate of drug-likeness (QED) is 0.698. The van der Waals surface area contributed by atoms with E-state index < -0.39 is 0 Å². The second-order valence-electron chi connectivity index (χ2n) is 5.88. The van der Waals surface area contributed by atoms with Crippen LogP contribution in [0.4, 0.5) is 0 Å². The minimum atomic E-state index is 0.522. The molecular formula is C15H29N3O. The molecule has 1 N–H and O–H groups in total. The lowest BCUT2D eigenvalue weighted by atomic mass is 10.1. The van der Waals surface area contributed by atoms with Crippen LogP contribution < -0.4 is 5.32 Å². The zero-order valence-electron chi connectivity index (χ0n) is 13.1. The molecule has 0 radical (unpaired) electrons. The molecular weight excluding hydrogens is 238 g/mol. The van der Waals surface area contributed by atoms with Gasteiger partial charge in [-0.3, -0.25) is 4.90 Å². The van der Waals surface area contributed by atoms with Crippen molar-refractivity contribution in [1.29, 1.82) is 0 Å². The lowest BCUT2D eigenvalue weighted by Crippen LogP contribution is -2.33. The zero-order valence-corrected chi connectivity index (χ0v) is 13.1. The average molecular weight is 267 g/mol. The molecule has 19 heavy (non-hydrogen) atoms. The van der Waals surface area contributed by atoms with Gasteiger partial charge < -0.3 is 9.84 Å². The summed E-state index contributed by atoms with van der Waals surface area (Å²) in [5.41, 5.74) is 0.997. The van der Waals surface area contributed by atoms with Crippen LogP contribution >= 0.6 is 0 Å². The van der Waals surface area contributed by atoms with Gasteiger partial charge in [0.15, 0.2) is 5.76 Å². The van der Waals surface area contributed by atoms with E-state index in [0.717, 1.165) is 44.1 Å². The molecule has 0 aliphatic carbocycles. The fourth-order valence-corrected chi connectivity index (χ4v) is 2.03. The topological polar surface area (TPSA) is 41.3 Å². The van der Waals surface area contributed by atoms with Gasteiger partial charge in [-0.05, 0) is 32.7 Å². The lowest BCUT2D eigenvalue weighted by Gasteiger charge is -2.26. The second kappa shape index (κ2) is 8.33. The fraction of sp³-hybridized carbons (Fsp3) is 0.800. The first kappa shape index (κ1) is 16.2. The molecule has 0 aliphatic rings. The van der Waals surface area contributed by atoms with Gasteiger partial charge in [0, 0.05) is 25.2 Å². The monoisotopic (exact) mass is 267 g/mol. The van der Waals surface area contributed by atoms with E-state index in [4.69, 9.17) is 4.52 Å². The molecule has 0 aromatic carbocycles. The van der Waals surface area contributed by atoms with Crippen LogP contribution in [0.2, 0.25) is 0 Å². The van der Waals surface area contributed by atoms with Crippen LogP contribution in [-0.2, 0) is 13.1 Å². The summed E-state index contributed by atoms with van der Waals surface area (Å²) < 4.78 is 5.43. The van der Waals surface area contributed by atoms with Gasteiger partial charge >= 0.3 is 0 Å². The maximum atomic E-state index is 5.43. The van der Waals surface area contributed by atoms with Crippen LogP contribution in [0.1, 0.15) is 52.5 Å². The standard InChI is InChI=1S/C15H29N3O/c1-6-7-16-9-14-8-15(19-17-14)11-18(13(4)5)10-12(2)3/h8,12-13,16H,6-7,9-11H2,1-5H3. The maximum Gasteiger partial charge on any atom is 0.151 e. The van der Waals surface area contributed by atoms with Crippen LogP contribution in [0.3, 0.4) is 0 Å². The predicted molar refractivity (Wildman–Crippen MR) is 78.9 cm³/mol. The molecule has 0 fully saturated rings. The van der Waals surface area contributed by atoms with Crippen molar-refractivity contribution in [3.05, 3.63) is 17.5 Å². The van der Waals surface area contributed by atoms with E-state index in [1.54, 1.807) is 0 Å². The first-order valence-corrected chi connectivity index (χ1v) is 7.42. The molecule has 0 spiro atoms. The molecule has 1 heterocycles. The summed E-state index contributed by atoms with van der Waals surface area (Å²) in [5, 5.41) is 7.45. The van der Waals surface area contributed by atoms with E-state index >= 15 is 0 Å². The minimum Gasteiger partial charge on any atom is -0.360 e. The summed E-state index contributed by atoms with van der Waals surface area (Å²) in [4.78, 5) is 2.43. The molecule has 1 aromatic rings. The number of hydrogen-bond acceptors (Lipinski definition) is 4. The third-order valence-electron chi connectivity index (χ3n) is 3.03. The van der Waals surface area contributed by atoms with Crippen molar-refractivity contribution in [3.63, 3.8) is 0 Å². The van der Waals surface area contributed by atoms with Crippen LogP contribution in [0.15, 0.2) is 10.6 Å². The summed E-state index contributed by atoms with van der Waals surface area (Å²) in [5.74, 6) is 1.62. The zero-order chi connectivity index (χ0) is 14.3. The van der Waals surface area contributed by atoms with E-state index in [1.807, 2.05) is 0 Å². The van der Waals surface area contributed by atoms with E-state index in [9.17, 15) is 0 Å². The highest BCUT2D eigenvalue weighted by molar-refractivity contribution is 5.05. The third-order valence-corrected chi connectivity index (χ3v) is 3.03. The molecule has 0 atom stereocenters. The van der Waals surface area contributed by atoms with Crippen molar-refractivity contribution in [2.75, 3.05) is 13.1 Å². The Hall–Kier alpha value is -0.870. The highest BCUT2D eigenvalue weighted by Crippen LogP contribution is 2.12. The number of rotatable bonds is 9. The normalized spacial score (nSPS) is 12.0. The van der Waals surface area contributed by atoms with Crippen LogP contribution in [0, 0.1) is 5.92 Å². The largest absolute Gasteiger partial charge is 0.360 e. The van der Waals surface area contributed by atoms with E-state index in [-0.39, 0.29) is 0 Å². The van der Waals surface area contributed by atoms with Crippen molar-refractivity contribution in [1.82, 2.24) is 15.4 Å². The van der Waals surface area contributed by atoms with Crippen molar-refractivity contribution in [3.8, 4) is 0 Å². The van der Waals surface area contributed by atoms with Gasteiger partial charge in [0.25, 0.3) is 0 Å². The Labute approximate surface area is 117 Å². The Kier molecular flexibility index (Phi) is 7.10. The molecule has 1 rings (SSSR count). The summed E-state index contributed by atoms with van der Waals surface area (Å²) >= 11 is 0. The van der Waals surface area contributed by atoms with Crippen molar-refractivity contribution in [2.24, 2.45) is 5.92 Å². The van der Waals surface area contributed by atoms with Crippen molar-refractivity contribution >= 4 is 0 Å².